The molecule has 0 aliphatic heterocycles. The second kappa shape index (κ2) is 8.16. The van der Waals surface area contributed by atoms with Crippen molar-refractivity contribution < 1.29 is 14.3 Å². The van der Waals surface area contributed by atoms with Crippen molar-refractivity contribution >= 4 is 33.9 Å². The van der Waals surface area contributed by atoms with Crippen molar-refractivity contribution in [3.63, 3.8) is 0 Å². The molecule has 0 saturated heterocycles. The van der Waals surface area contributed by atoms with Crippen molar-refractivity contribution in [2.75, 3.05) is 23.8 Å². The smallest absolute Gasteiger partial charge is 0.341 e. The van der Waals surface area contributed by atoms with Crippen LogP contribution in [0.1, 0.15) is 40.6 Å². The van der Waals surface area contributed by atoms with Crippen LogP contribution in [0.25, 0.3) is 0 Å². The van der Waals surface area contributed by atoms with Gasteiger partial charge in [-0.25, -0.2) is 4.79 Å². The first-order valence-corrected chi connectivity index (χ1v) is 9.41. The van der Waals surface area contributed by atoms with Crippen molar-refractivity contribution in [3.05, 3.63) is 46.3 Å². The third-order valence-corrected chi connectivity index (χ3v) is 5.37. The zero-order valence-electron chi connectivity index (χ0n) is 14.3. The summed E-state index contributed by atoms with van der Waals surface area (Å²) in [4.78, 5) is 25.8. The van der Waals surface area contributed by atoms with E-state index < -0.39 is 0 Å². The highest BCUT2D eigenvalue weighted by molar-refractivity contribution is 7.16. The molecule has 1 aliphatic carbocycles. The molecule has 0 saturated carbocycles. The molecule has 1 heterocycles. The molecule has 0 bridgehead atoms. The SMILES string of the molecule is CCOC(=O)c1c(NCC(=O)Nc2ccccc2)sc2c1CCCC2. The van der Waals surface area contributed by atoms with Gasteiger partial charge in [-0.05, 0) is 50.3 Å². The van der Waals surface area contributed by atoms with E-state index in [4.69, 9.17) is 4.74 Å². The van der Waals surface area contributed by atoms with E-state index in [1.807, 2.05) is 30.3 Å². The highest BCUT2D eigenvalue weighted by Crippen LogP contribution is 2.38. The van der Waals surface area contributed by atoms with Crippen LogP contribution >= 0.6 is 11.3 Å². The number of hydrogen-bond donors (Lipinski definition) is 2. The maximum absolute atomic E-state index is 12.4. The number of aryl methyl sites for hydroxylation is 1. The first-order valence-electron chi connectivity index (χ1n) is 8.59. The number of carbonyl (C=O) groups is 2. The van der Waals surface area contributed by atoms with Gasteiger partial charge in [0, 0.05) is 10.6 Å². The van der Waals surface area contributed by atoms with Gasteiger partial charge in [0.25, 0.3) is 0 Å². The Labute approximate surface area is 151 Å². The van der Waals surface area contributed by atoms with Gasteiger partial charge in [-0.1, -0.05) is 18.2 Å². The Hall–Kier alpha value is -2.34. The molecule has 1 amide bonds. The highest BCUT2D eigenvalue weighted by atomic mass is 32.1. The number of thiophene rings is 1. The number of amides is 1. The molecule has 0 spiro atoms. The van der Waals surface area contributed by atoms with Crippen LogP contribution in [0, 0.1) is 0 Å². The van der Waals surface area contributed by atoms with E-state index in [1.165, 1.54) is 4.88 Å². The Kier molecular flexibility index (Phi) is 5.71. The summed E-state index contributed by atoms with van der Waals surface area (Å²) in [6, 6.07) is 9.32. The van der Waals surface area contributed by atoms with Crippen LogP contribution in [-0.4, -0.2) is 25.0 Å². The Morgan fingerprint density at radius 2 is 1.92 bits per heavy atom. The largest absolute Gasteiger partial charge is 0.462 e. The summed E-state index contributed by atoms with van der Waals surface area (Å²) in [7, 11) is 0. The minimum Gasteiger partial charge on any atom is -0.462 e. The number of anilines is 2. The quantitative estimate of drug-likeness (QED) is 0.770. The lowest BCUT2D eigenvalue weighted by atomic mass is 9.95. The molecule has 5 nitrogen and oxygen atoms in total. The lowest BCUT2D eigenvalue weighted by Gasteiger charge is -2.12. The van der Waals surface area contributed by atoms with E-state index in [2.05, 4.69) is 10.6 Å². The van der Waals surface area contributed by atoms with E-state index in [-0.39, 0.29) is 18.4 Å². The molecule has 6 heteroatoms. The predicted octanol–water partition coefficient (Wildman–Crippen LogP) is 3.85. The monoisotopic (exact) mass is 358 g/mol. The van der Waals surface area contributed by atoms with E-state index in [9.17, 15) is 9.59 Å². The summed E-state index contributed by atoms with van der Waals surface area (Å²) < 4.78 is 5.22. The van der Waals surface area contributed by atoms with Crippen molar-refractivity contribution in [2.45, 2.75) is 32.6 Å². The zero-order chi connectivity index (χ0) is 17.6. The highest BCUT2D eigenvalue weighted by Gasteiger charge is 2.26. The predicted molar refractivity (Wildman–Crippen MR) is 100 cm³/mol. The van der Waals surface area contributed by atoms with Crippen LogP contribution in [0.2, 0.25) is 0 Å². The summed E-state index contributed by atoms with van der Waals surface area (Å²) in [5.41, 5.74) is 2.47. The van der Waals surface area contributed by atoms with Gasteiger partial charge in [0.2, 0.25) is 5.91 Å². The van der Waals surface area contributed by atoms with Crippen LogP contribution in [0.4, 0.5) is 10.7 Å². The third-order valence-electron chi connectivity index (χ3n) is 4.12. The average Bonchev–Trinajstić information content (AvgIpc) is 2.99. The first kappa shape index (κ1) is 17.5. The summed E-state index contributed by atoms with van der Waals surface area (Å²) in [5, 5.41) is 6.71. The molecule has 0 atom stereocenters. The van der Waals surface area contributed by atoms with Gasteiger partial charge in [-0.3, -0.25) is 4.79 Å². The second-order valence-corrected chi connectivity index (χ2v) is 7.01. The molecular formula is C19H22N2O3S. The second-order valence-electron chi connectivity index (χ2n) is 5.90. The number of fused-ring (bicyclic) bond motifs is 1. The Balaban J connectivity index is 1.72. The fourth-order valence-corrected chi connectivity index (χ4v) is 4.27. The number of ether oxygens (including phenoxy) is 1. The molecule has 2 N–H and O–H groups in total. The molecule has 0 fully saturated rings. The number of carbonyl (C=O) groups excluding carboxylic acids is 2. The van der Waals surface area contributed by atoms with Gasteiger partial charge < -0.3 is 15.4 Å². The summed E-state index contributed by atoms with van der Waals surface area (Å²) in [6.45, 7) is 2.26. The van der Waals surface area contributed by atoms with Gasteiger partial charge in [-0.2, -0.15) is 0 Å². The van der Waals surface area contributed by atoms with Gasteiger partial charge in [0.05, 0.1) is 18.7 Å². The Morgan fingerprint density at radius 3 is 2.68 bits per heavy atom. The molecule has 1 aromatic carbocycles. The fourth-order valence-electron chi connectivity index (χ4n) is 3.00. The van der Waals surface area contributed by atoms with Gasteiger partial charge in [0.1, 0.15) is 5.00 Å². The Bertz CT molecular complexity index is 756. The summed E-state index contributed by atoms with van der Waals surface area (Å²) >= 11 is 1.57. The third kappa shape index (κ3) is 4.20. The number of nitrogens with one attached hydrogen (secondary N) is 2. The van der Waals surface area contributed by atoms with Crippen molar-refractivity contribution in [2.24, 2.45) is 0 Å². The first-order chi connectivity index (χ1) is 12.2. The van der Waals surface area contributed by atoms with Crippen molar-refractivity contribution in [1.29, 1.82) is 0 Å². The van der Waals surface area contributed by atoms with Crippen LogP contribution in [-0.2, 0) is 22.4 Å². The van der Waals surface area contributed by atoms with Crippen LogP contribution in [0.15, 0.2) is 30.3 Å². The van der Waals surface area contributed by atoms with Crippen LogP contribution < -0.4 is 10.6 Å². The number of para-hydroxylation sites is 1. The maximum atomic E-state index is 12.4. The fraction of sp³-hybridized carbons (Fsp3) is 0.368. The lowest BCUT2D eigenvalue weighted by Crippen LogP contribution is -2.22. The molecule has 132 valence electrons. The maximum Gasteiger partial charge on any atom is 0.341 e. The van der Waals surface area contributed by atoms with Crippen LogP contribution in [0.3, 0.4) is 0 Å². The van der Waals surface area contributed by atoms with Gasteiger partial charge in [-0.15, -0.1) is 11.3 Å². The van der Waals surface area contributed by atoms with Gasteiger partial charge >= 0.3 is 5.97 Å². The number of esters is 1. The molecular weight excluding hydrogens is 336 g/mol. The number of rotatable bonds is 6. The number of benzene rings is 1. The molecule has 0 radical (unpaired) electrons. The van der Waals surface area contributed by atoms with E-state index in [0.717, 1.165) is 41.9 Å². The topological polar surface area (TPSA) is 67.4 Å². The van der Waals surface area contributed by atoms with Crippen molar-refractivity contribution in [3.8, 4) is 0 Å². The van der Waals surface area contributed by atoms with Crippen LogP contribution in [0.5, 0.6) is 0 Å². The summed E-state index contributed by atoms with van der Waals surface area (Å²) in [6.07, 6.45) is 4.12. The molecule has 1 aromatic heterocycles. The lowest BCUT2D eigenvalue weighted by molar-refractivity contribution is -0.114. The summed E-state index contributed by atoms with van der Waals surface area (Å²) in [5.74, 6) is -0.444. The molecule has 2 aromatic rings. The van der Waals surface area contributed by atoms with E-state index in [1.54, 1.807) is 18.3 Å². The van der Waals surface area contributed by atoms with Crippen molar-refractivity contribution in [1.82, 2.24) is 0 Å². The van der Waals surface area contributed by atoms with E-state index in [0.29, 0.717) is 12.2 Å². The average molecular weight is 358 g/mol. The number of hydrogen-bond acceptors (Lipinski definition) is 5. The van der Waals surface area contributed by atoms with Gasteiger partial charge in [0.15, 0.2) is 0 Å². The molecule has 0 unspecified atom stereocenters. The molecule has 3 rings (SSSR count). The molecule has 1 aliphatic rings. The minimum absolute atomic E-state index is 0.112. The normalized spacial score (nSPS) is 13.0. The minimum atomic E-state index is -0.298. The zero-order valence-corrected chi connectivity index (χ0v) is 15.1. The molecule has 25 heavy (non-hydrogen) atoms. The Morgan fingerprint density at radius 1 is 1.16 bits per heavy atom. The van der Waals surface area contributed by atoms with E-state index >= 15 is 0 Å². The standard InChI is InChI=1S/C19H22N2O3S/c1-2-24-19(23)17-14-10-6-7-11-15(14)25-18(17)20-12-16(22)21-13-8-4-3-5-9-13/h3-5,8-9,20H,2,6-7,10-12H2,1H3,(H,21,22).